The molecule has 0 aromatic heterocycles. The van der Waals surface area contributed by atoms with Crippen molar-refractivity contribution >= 4 is 0 Å². The Kier molecular flexibility index (Phi) is 11.5. The van der Waals surface area contributed by atoms with Crippen LogP contribution >= 0.6 is 0 Å². The van der Waals surface area contributed by atoms with Gasteiger partial charge in [-0.2, -0.15) is 0 Å². The van der Waals surface area contributed by atoms with Crippen LogP contribution in [-0.2, 0) is 0 Å². The normalized spacial score (nSPS) is 36.0. The zero-order chi connectivity index (χ0) is 21.9. The predicted molar refractivity (Wildman–Crippen MR) is 134 cm³/mol. The summed E-state index contributed by atoms with van der Waals surface area (Å²) in [5, 5.41) is 0. The number of rotatable bonds is 11. The first-order valence-electron chi connectivity index (χ1n) is 14.5. The van der Waals surface area contributed by atoms with Crippen LogP contribution in [0.15, 0.2) is 12.2 Å². The molecule has 3 saturated carbocycles. The van der Waals surface area contributed by atoms with Gasteiger partial charge in [-0.3, -0.25) is 0 Å². The van der Waals surface area contributed by atoms with Gasteiger partial charge in [0.25, 0.3) is 0 Å². The Morgan fingerprint density at radius 2 is 1.23 bits per heavy atom. The quantitative estimate of drug-likeness (QED) is 0.225. The number of hydrogen-bond donors (Lipinski definition) is 0. The monoisotopic (exact) mass is 432 g/mol. The first-order chi connectivity index (χ1) is 15.2. The lowest BCUT2D eigenvalue weighted by molar-refractivity contribution is 0.107. The van der Waals surface area contributed by atoms with E-state index in [1.165, 1.54) is 89.9 Å². The fourth-order valence-electron chi connectivity index (χ4n) is 7.30. The maximum atomic E-state index is 13.3. The largest absolute Gasteiger partial charge is 0.247 e. The molecular weight excluding hydrogens is 379 g/mol. The third-order valence-corrected chi connectivity index (χ3v) is 9.57. The summed E-state index contributed by atoms with van der Waals surface area (Å²) >= 11 is 0. The molecule has 0 N–H and O–H groups in total. The van der Waals surface area contributed by atoms with Crippen molar-refractivity contribution in [2.45, 2.75) is 142 Å². The molecule has 3 aliphatic rings. The highest BCUT2D eigenvalue weighted by molar-refractivity contribution is 4.93. The average molecular weight is 433 g/mol. The Labute approximate surface area is 194 Å². The van der Waals surface area contributed by atoms with Crippen LogP contribution in [0.5, 0.6) is 0 Å². The minimum Gasteiger partial charge on any atom is -0.247 e. The van der Waals surface area contributed by atoms with Gasteiger partial charge in [0.15, 0.2) is 0 Å². The highest BCUT2D eigenvalue weighted by atomic mass is 19.1. The summed E-state index contributed by atoms with van der Waals surface area (Å²) in [6, 6.07) is 0. The van der Waals surface area contributed by atoms with Gasteiger partial charge in [0.1, 0.15) is 6.17 Å². The molecule has 0 aromatic rings. The fourth-order valence-corrected chi connectivity index (χ4v) is 7.30. The zero-order valence-corrected chi connectivity index (χ0v) is 21.0. The van der Waals surface area contributed by atoms with E-state index in [1.54, 1.807) is 12.8 Å². The molecular formula is C30H53F. The molecule has 3 aliphatic carbocycles. The molecule has 0 aromatic carbocycles. The third-order valence-electron chi connectivity index (χ3n) is 9.57. The molecule has 1 atom stereocenters. The Morgan fingerprint density at radius 1 is 0.710 bits per heavy atom. The summed E-state index contributed by atoms with van der Waals surface area (Å²) in [5.74, 6) is 6.02. The Hall–Kier alpha value is -0.330. The van der Waals surface area contributed by atoms with E-state index in [0.717, 1.165) is 41.9 Å². The van der Waals surface area contributed by atoms with E-state index in [0.29, 0.717) is 12.8 Å². The van der Waals surface area contributed by atoms with Crippen LogP contribution in [0.25, 0.3) is 0 Å². The Morgan fingerprint density at radius 3 is 1.74 bits per heavy atom. The van der Waals surface area contributed by atoms with Gasteiger partial charge in [0.2, 0.25) is 0 Å². The second-order valence-electron chi connectivity index (χ2n) is 11.6. The molecule has 0 heterocycles. The topological polar surface area (TPSA) is 0 Å². The van der Waals surface area contributed by atoms with Crippen LogP contribution in [-0.4, -0.2) is 6.17 Å². The summed E-state index contributed by atoms with van der Waals surface area (Å²) in [4.78, 5) is 0. The molecule has 0 spiro atoms. The van der Waals surface area contributed by atoms with Crippen molar-refractivity contribution in [1.82, 2.24) is 0 Å². The molecule has 0 aliphatic heterocycles. The van der Waals surface area contributed by atoms with Crippen molar-refractivity contribution in [3.63, 3.8) is 0 Å². The van der Waals surface area contributed by atoms with E-state index in [4.69, 9.17) is 0 Å². The van der Waals surface area contributed by atoms with Crippen LogP contribution in [0.3, 0.4) is 0 Å². The summed E-state index contributed by atoms with van der Waals surface area (Å²) in [6.07, 6.45) is 30.2. The lowest BCUT2D eigenvalue weighted by atomic mass is 9.65. The third kappa shape index (κ3) is 8.51. The van der Waals surface area contributed by atoms with Gasteiger partial charge in [-0.05, 0) is 119 Å². The molecule has 1 heteroatoms. The second kappa shape index (κ2) is 14.0. The maximum absolute atomic E-state index is 13.3. The van der Waals surface area contributed by atoms with Gasteiger partial charge in [0, 0.05) is 0 Å². The van der Waals surface area contributed by atoms with Gasteiger partial charge in [-0.25, -0.2) is 4.39 Å². The van der Waals surface area contributed by atoms with Crippen molar-refractivity contribution in [2.75, 3.05) is 0 Å². The first-order valence-corrected chi connectivity index (χ1v) is 14.5. The van der Waals surface area contributed by atoms with Crippen LogP contribution in [0.4, 0.5) is 4.39 Å². The van der Waals surface area contributed by atoms with Gasteiger partial charge >= 0.3 is 0 Å². The van der Waals surface area contributed by atoms with Crippen molar-refractivity contribution in [1.29, 1.82) is 0 Å². The van der Waals surface area contributed by atoms with Crippen molar-refractivity contribution in [3.05, 3.63) is 12.2 Å². The molecule has 0 bridgehead atoms. The molecule has 0 radical (unpaired) electrons. The van der Waals surface area contributed by atoms with Crippen LogP contribution in [0.1, 0.15) is 136 Å². The van der Waals surface area contributed by atoms with E-state index < -0.39 is 6.17 Å². The van der Waals surface area contributed by atoms with Crippen LogP contribution in [0.2, 0.25) is 0 Å². The smallest absolute Gasteiger partial charge is 0.100 e. The van der Waals surface area contributed by atoms with E-state index >= 15 is 0 Å². The number of halogens is 1. The van der Waals surface area contributed by atoms with E-state index in [2.05, 4.69) is 19.1 Å². The number of unbranched alkanes of at least 4 members (excludes halogenated alkanes) is 2. The van der Waals surface area contributed by atoms with Crippen molar-refractivity contribution in [3.8, 4) is 0 Å². The number of allylic oxidation sites excluding steroid dienone is 2. The highest BCUT2D eigenvalue weighted by Crippen LogP contribution is 2.46. The standard InChI is InChI=1S/C30H53F/c1-3-5-6-9-24-12-16-26(17-13-24)28-20-22-29(23-21-28)27-18-14-25(15-19-27)10-7-8-11-30(31)4-2/h7,10,24-30H,3-6,8-9,11-23H2,1-2H3/b10-7+/t24?,25-,26?,27-,28?,29?,30?. The molecule has 0 saturated heterocycles. The van der Waals surface area contributed by atoms with Crippen molar-refractivity contribution in [2.24, 2.45) is 35.5 Å². The summed E-state index contributed by atoms with van der Waals surface area (Å²) in [5.41, 5.74) is 0. The van der Waals surface area contributed by atoms with Gasteiger partial charge in [0.05, 0.1) is 0 Å². The number of alkyl halides is 1. The summed E-state index contributed by atoms with van der Waals surface area (Å²) in [7, 11) is 0. The lowest BCUT2D eigenvalue weighted by Gasteiger charge is -2.41. The SMILES string of the molecule is CCCCCC1CCC(C2CCC([C@H]3CC[C@H](/C=C/CCC(F)CC)CC3)CC2)CC1. The molecule has 31 heavy (non-hydrogen) atoms. The maximum Gasteiger partial charge on any atom is 0.100 e. The van der Waals surface area contributed by atoms with E-state index in [-0.39, 0.29) is 0 Å². The number of hydrogen-bond acceptors (Lipinski definition) is 0. The van der Waals surface area contributed by atoms with Crippen LogP contribution < -0.4 is 0 Å². The van der Waals surface area contributed by atoms with Crippen molar-refractivity contribution < 1.29 is 4.39 Å². The van der Waals surface area contributed by atoms with Gasteiger partial charge in [-0.1, -0.05) is 64.5 Å². The summed E-state index contributed by atoms with van der Waals surface area (Å²) < 4.78 is 13.3. The molecule has 180 valence electrons. The zero-order valence-electron chi connectivity index (χ0n) is 21.0. The fraction of sp³-hybridized carbons (Fsp3) is 0.933. The molecule has 3 fully saturated rings. The van der Waals surface area contributed by atoms with Crippen LogP contribution in [0, 0.1) is 35.5 Å². The predicted octanol–water partition coefficient (Wildman–Crippen LogP) is 10.1. The molecule has 0 amide bonds. The Balaban J connectivity index is 1.28. The molecule has 1 unspecified atom stereocenters. The van der Waals surface area contributed by atoms with E-state index in [9.17, 15) is 4.39 Å². The summed E-state index contributed by atoms with van der Waals surface area (Å²) in [6.45, 7) is 4.28. The minimum absolute atomic E-state index is 0.601. The molecule has 0 nitrogen and oxygen atoms in total. The Bertz CT molecular complexity index is 473. The van der Waals surface area contributed by atoms with E-state index in [1.807, 2.05) is 6.92 Å². The first kappa shape index (κ1) is 25.3. The minimum atomic E-state index is -0.601. The van der Waals surface area contributed by atoms with Gasteiger partial charge in [-0.15, -0.1) is 0 Å². The average Bonchev–Trinajstić information content (AvgIpc) is 2.83. The highest BCUT2D eigenvalue weighted by Gasteiger charge is 2.34. The second-order valence-corrected chi connectivity index (χ2v) is 11.6. The van der Waals surface area contributed by atoms with Gasteiger partial charge < -0.3 is 0 Å². The lowest BCUT2D eigenvalue weighted by Crippen LogP contribution is -2.29. The molecule has 3 rings (SSSR count).